The van der Waals surface area contributed by atoms with Crippen molar-refractivity contribution in [2.24, 2.45) is 5.92 Å². The highest BCUT2D eigenvalue weighted by Gasteiger charge is 2.51. The largest absolute Gasteiger partial charge is 0.264 e. The Labute approximate surface area is 89.9 Å². The van der Waals surface area contributed by atoms with E-state index in [1.54, 1.807) is 0 Å². The Morgan fingerprint density at radius 3 is 1.50 bits per heavy atom. The van der Waals surface area contributed by atoms with Gasteiger partial charge in [0.15, 0.2) is 0 Å². The van der Waals surface area contributed by atoms with Crippen LogP contribution >= 0.6 is 0 Å². The van der Waals surface area contributed by atoms with Crippen LogP contribution < -0.4 is 0 Å². The van der Waals surface area contributed by atoms with Gasteiger partial charge in [-0.15, -0.1) is 0 Å². The van der Waals surface area contributed by atoms with E-state index in [0.29, 0.717) is 0 Å². The fraction of sp³-hybridized carbons (Fsp3) is 1.00. The molecule has 1 aliphatic carbocycles. The van der Waals surface area contributed by atoms with Crippen LogP contribution in [0, 0.1) is 36.3 Å². The van der Waals surface area contributed by atoms with Gasteiger partial charge in [-0.25, -0.2) is 0 Å². The lowest BCUT2D eigenvalue weighted by Gasteiger charge is -2.26. The van der Waals surface area contributed by atoms with Gasteiger partial charge in [-0.1, -0.05) is 0 Å². The first-order chi connectivity index (χ1) is 7.34. The molecule has 1 saturated carbocycles. The van der Waals surface area contributed by atoms with Crippen LogP contribution in [-0.2, 0) is 0 Å². The van der Waals surface area contributed by atoms with Gasteiger partial charge in [0.25, 0.3) is 0 Å². The molecule has 0 saturated heterocycles. The summed E-state index contributed by atoms with van der Waals surface area (Å²) in [6.45, 7) is 1.40. The number of nitro groups is 3. The first kappa shape index (κ1) is 12.3. The Morgan fingerprint density at radius 2 is 1.25 bits per heavy atom. The quantitative estimate of drug-likeness (QED) is 0.510. The first-order valence-corrected chi connectivity index (χ1v) is 4.75. The normalized spacial score (nSPS) is 34.3. The standard InChI is InChI=1S/C7H11N3O6/c1-4-6(9(13)14)2-5(8(11)12)3-7(4)10(15)16/h4-7H,2-3H2,1H3. The van der Waals surface area contributed by atoms with Crippen molar-refractivity contribution in [2.45, 2.75) is 37.9 Å². The Bertz CT molecular complexity index is 308. The fourth-order valence-corrected chi connectivity index (χ4v) is 2.07. The maximum absolute atomic E-state index is 10.7. The second kappa shape index (κ2) is 4.37. The van der Waals surface area contributed by atoms with E-state index in [9.17, 15) is 30.3 Å². The van der Waals surface area contributed by atoms with Crippen LogP contribution in [0.15, 0.2) is 0 Å². The first-order valence-electron chi connectivity index (χ1n) is 4.75. The molecule has 1 rings (SSSR count). The maximum atomic E-state index is 10.7. The second-order valence-electron chi connectivity index (χ2n) is 3.98. The van der Waals surface area contributed by atoms with Crippen LogP contribution in [-0.4, -0.2) is 32.9 Å². The van der Waals surface area contributed by atoms with Gasteiger partial charge in [0, 0.05) is 14.8 Å². The molecule has 1 fully saturated rings. The van der Waals surface area contributed by atoms with Crippen molar-refractivity contribution < 1.29 is 14.8 Å². The van der Waals surface area contributed by atoms with E-state index >= 15 is 0 Å². The van der Waals surface area contributed by atoms with Crippen LogP contribution in [0.25, 0.3) is 0 Å². The second-order valence-corrected chi connectivity index (χ2v) is 3.98. The molecule has 90 valence electrons. The Morgan fingerprint density at radius 1 is 0.875 bits per heavy atom. The van der Waals surface area contributed by atoms with E-state index in [2.05, 4.69) is 0 Å². The van der Waals surface area contributed by atoms with Gasteiger partial charge < -0.3 is 0 Å². The summed E-state index contributed by atoms with van der Waals surface area (Å²) in [5.41, 5.74) is 0. The van der Waals surface area contributed by atoms with Crippen molar-refractivity contribution in [3.05, 3.63) is 30.3 Å². The Kier molecular flexibility index (Phi) is 3.35. The highest BCUT2D eigenvalue weighted by atomic mass is 16.6. The molecule has 0 spiro atoms. The number of nitrogens with zero attached hydrogens (tertiary/aromatic N) is 3. The van der Waals surface area contributed by atoms with E-state index < -0.39 is 38.8 Å². The molecule has 0 bridgehead atoms. The molecule has 0 amide bonds. The minimum absolute atomic E-state index is 0.231. The molecule has 0 aliphatic heterocycles. The molecule has 2 unspecified atom stereocenters. The molecule has 16 heavy (non-hydrogen) atoms. The van der Waals surface area contributed by atoms with Crippen LogP contribution in [0.1, 0.15) is 19.8 Å². The van der Waals surface area contributed by atoms with Gasteiger partial charge in [-0.2, -0.15) is 0 Å². The molecule has 9 heteroatoms. The molecular formula is C7H11N3O6. The lowest BCUT2D eigenvalue weighted by molar-refractivity contribution is -0.615. The zero-order chi connectivity index (χ0) is 12.5. The van der Waals surface area contributed by atoms with Gasteiger partial charge in [-0.3, -0.25) is 30.3 Å². The maximum Gasteiger partial charge on any atom is 0.228 e. The number of rotatable bonds is 3. The highest BCUT2D eigenvalue weighted by molar-refractivity contribution is 4.84. The number of hydrogen-bond donors (Lipinski definition) is 0. The zero-order valence-electron chi connectivity index (χ0n) is 8.51. The van der Waals surface area contributed by atoms with E-state index in [0.717, 1.165) is 0 Å². The van der Waals surface area contributed by atoms with Gasteiger partial charge in [0.1, 0.15) is 0 Å². The predicted octanol–water partition coefficient (Wildman–Crippen LogP) is 0.352. The summed E-state index contributed by atoms with van der Waals surface area (Å²) in [6.07, 6.45) is -0.461. The summed E-state index contributed by atoms with van der Waals surface area (Å²) in [7, 11) is 0. The molecule has 0 aromatic rings. The Balaban J connectivity index is 2.92. The van der Waals surface area contributed by atoms with Crippen molar-refractivity contribution in [1.29, 1.82) is 0 Å². The van der Waals surface area contributed by atoms with Gasteiger partial charge in [-0.05, 0) is 6.92 Å². The molecule has 0 aromatic carbocycles. The van der Waals surface area contributed by atoms with Crippen LogP contribution in [0.4, 0.5) is 0 Å². The minimum atomic E-state index is -1.21. The molecule has 9 nitrogen and oxygen atoms in total. The molecule has 0 N–H and O–H groups in total. The van der Waals surface area contributed by atoms with Crippen LogP contribution in [0.2, 0.25) is 0 Å². The SMILES string of the molecule is CC1C([N+](=O)[O-])CC([N+](=O)[O-])CC1[N+](=O)[O-]. The molecule has 0 radical (unpaired) electrons. The average Bonchev–Trinajstić information content (AvgIpc) is 2.16. The van der Waals surface area contributed by atoms with E-state index in [4.69, 9.17) is 0 Å². The summed E-state index contributed by atoms with van der Waals surface area (Å²) >= 11 is 0. The minimum Gasteiger partial charge on any atom is -0.264 e. The summed E-state index contributed by atoms with van der Waals surface area (Å²) in [5.74, 6) is -0.777. The summed E-state index contributed by atoms with van der Waals surface area (Å²) in [6, 6.07) is -3.61. The van der Waals surface area contributed by atoms with E-state index in [1.165, 1.54) is 6.92 Å². The van der Waals surface area contributed by atoms with Crippen molar-refractivity contribution >= 4 is 0 Å². The van der Waals surface area contributed by atoms with Crippen molar-refractivity contribution in [3.8, 4) is 0 Å². The third-order valence-electron chi connectivity index (χ3n) is 3.08. The zero-order valence-corrected chi connectivity index (χ0v) is 8.51. The topological polar surface area (TPSA) is 129 Å². The summed E-state index contributed by atoms with van der Waals surface area (Å²) in [4.78, 5) is 29.9. The van der Waals surface area contributed by atoms with Crippen LogP contribution in [0.3, 0.4) is 0 Å². The van der Waals surface area contributed by atoms with Crippen molar-refractivity contribution in [3.63, 3.8) is 0 Å². The summed E-state index contributed by atoms with van der Waals surface area (Å²) < 4.78 is 0. The third kappa shape index (κ3) is 2.23. The van der Waals surface area contributed by atoms with Gasteiger partial charge >= 0.3 is 0 Å². The third-order valence-corrected chi connectivity index (χ3v) is 3.08. The molecule has 1 aliphatic rings. The summed E-state index contributed by atoms with van der Waals surface area (Å²) in [5, 5.41) is 31.9. The smallest absolute Gasteiger partial charge is 0.228 e. The molecular weight excluding hydrogens is 222 g/mol. The van der Waals surface area contributed by atoms with Crippen molar-refractivity contribution in [2.75, 3.05) is 0 Å². The molecule has 0 aromatic heterocycles. The van der Waals surface area contributed by atoms with Gasteiger partial charge in [0.2, 0.25) is 18.1 Å². The van der Waals surface area contributed by atoms with E-state index in [1.807, 2.05) is 0 Å². The fourth-order valence-electron chi connectivity index (χ4n) is 2.07. The highest BCUT2D eigenvalue weighted by Crippen LogP contribution is 2.29. The predicted molar refractivity (Wildman–Crippen MR) is 50.7 cm³/mol. The van der Waals surface area contributed by atoms with Crippen LogP contribution in [0.5, 0.6) is 0 Å². The molecule has 2 atom stereocenters. The van der Waals surface area contributed by atoms with Gasteiger partial charge in [0.05, 0.1) is 18.8 Å². The molecule has 0 heterocycles. The lowest BCUT2D eigenvalue weighted by Crippen LogP contribution is -2.49. The average molecular weight is 233 g/mol. The monoisotopic (exact) mass is 233 g/mol. The van der Waals surface area contributed by atoms with Crippen molar-refractivity contribution in [1.82, 2.24) is 0 Å². The Hall–Kier alpha value is -1.80. The number of hydrogen-bond acceptors (Lipinski definition) is 6. The lowest BCUT2D eigenvalue weighted by atomic mass is 9.79. The van der Waals surface area contributed by atoms with E-state index in [-0.39, 0.29) is 12.8 Å².